The predicted molar refractivity (Wildman–Crippen MR) is 115 cm³/mol. The van der Waals surface area contributed by atoms with E-state index in [-0.39, 0.29) is 11.6 Å². The van der Waals surface area contributed by atoms with E-state index in [0.29, 0.717) is 16.9 Å². The van der Waals surface area contributed by atoms with Gasteiger partial charge >= 0.3 is 5.97 Å². The molecule has 4 aromatic rings. The minimum atomic E-state index is -1.11. The lowest BCUT2D eigenvalue weighted by Crippen LogP contribution is -2.21. The van der Waals surface area contributed by atoms with Gasteiger partial charge in [-0.3, -0.25) is 4.79 Å². The van der Waals surface area contributed by atoms with Crippen LogP contribution in [0.15, 0.2) is 54.6 Å². The van der Waals surface area contributed by atoms with Crippen molar-refractivity contribution in [3.63, 3.8) is 0 Å². The van der Waals surface area contributed by atoms with E-state index in [1.165, 1.54) is 4.52 Å². The van der Waals surface area contributed by atoms with Gasteiger partial charge in [-0.05, 0) is 33.8 Å². The molecule has 156 valence electrons. The first kappa shape index (κ1) is 20.4. The number of nitrogens with zero attached hydrogens (tertiary/aromatic N) is 4. The van der Waals surface area contributed by atoms with Crippen molar-refractivity contribution in [2.45, 2.75) is 33.8 Å². The fourth-order valence-corrected chi connectivity index (χ4v) is 3.30. The molecule has 0 aliphatic carbocycles. The summed E-state index contributed by atoms with van der Waals surface area (Å²) in [6.07, 6.45) is -1.11. The number of ketones is 1. The molecular formula is C24H22N4O3. The van der Waals surface area contributed by atoms with Gasteiger partial charge in [-0.2, -0.15) is 4.98 Å². The van der Waals surface area contributed by atoms with Crippen molar-refractivity contribution >= 4 is 17.5 Å². The zero-order valence-corrected chi connectivity index (χ0v) is 17.8. The van der Waals surface area contributed by atoms with Gasteiger partial charge in [0.1, 0.15) is 0 Å². The largest absolute Gasteiger partial charge is 0.443 e. The topological polar surface area (TPSA) is 86.5 Å². The maximum Gasteiger partial charge on any atom is 0.379 e. The van der Waals surface area contributed by atoms with E-state index in [1.807, 2.05) is 58.0 Å². The molecule has 31 heavy (non-hydrogen) atoms. The second-order valence-electron chi connectivity index (χ2n) is 7.61. The van der Waals surface area contributed by atoms with Gasteiger partial charge in [0.15, 0.2) is 6.10 Å². The average molecular weight is 414 g/mol. The van der Waals surface area contributed by atoms with Crippen LogP contribution in [0.4, 0.5) is 0 Å². The highest BCUT2D eigenvalue weighted by atomic mass is 16.5. The summed E-state index contributed by atoms with van der Waals surface area (Å²) in [6, 6.07) is 16.3. The Morgan fingerprint density at radius 1 is 0.871 bits per heavy atom. The van der Waals surface area contributed by atoms with Gasteiger partial charge in [0.25, 0.3) is 11.6 Å². The molecular weight excluding hydrogens is 392 g/mol. The fraction of sp³-hybridized carbons (Fsp3) is 0.208. The maximum absolute atomic E-state index is 13.2. The van der Waals surface area contributed by atoms with Crippen LogP contribution in [-0.4, -0.2) is 31.3 Å². The van der Waals surface area contributed by atoms with Crippen molar-refractivity contribution in [2.75, 3.05) is 0 Å². The van der Waals surface area contributed by atoms with Gasteiger partial charge in [-0.1, -0.05) is 59.7 Å². The Hall–Kier alpha value is -3.87. The summed E-state index contributed by atoms with van der Waals surface area (Å²) in [5.41, 5.74) is 4.67. The molecule has 7 heteroatoms. The molecule has 7 nitrogen and oxygen atoms in total. The van der Waals surface area contributed by atoms with Crippen LogP contribution in [0.5, 0.6) is 0 Å². The maximum atomic E-state index is 13.2. The Bertz CT molecular complexity index is 1270. The van der Waals surface area contributed by atoms with Gasteiger partial charge in [0.2, 0.25) is 5.78 Å². The van der Waals surface area contributed by atoms with Gasteiger partial charge in [-0.15, -0.1) is 5.10 Å². The average Bonchev–Trinajstić information content (AvgIpc) is 3.17. The number of aromatic nitrogens is 4. The molecule has 0 aliphatic heterocycles. The summed E-state index contributed by atoms with van der Waals surface area (Å²) >= 11 is 0. The molecule has 0 aliphatic rings. The van der Waals surface area contributed by atoms with Crippen LogP contribution >= 0.6 is 0 Å². The highest BCUT2D eigenvalue weighted by Crippen LogP contribution is 2.24. The molecule has 2 aromatic heterocycles. The number of aryl methyl sites for hydroxylation is 4. The van der Waals surface area contributed by atoms with E-state index in [1.54, 1.807) is 24.3 Å². The molecule has 4 rings (SSSR count). The summed E-state index contributed by atoms with van der Waals surface area (Å²) in [5, 5.41) is 4.22. The zero-order chi connectivity index (χ0) is 22.1. The number of rotatable bonds is 5. The third-order valence-corrected chi connectivity index (χ3v) is 4.98. The highest BCUT2D eigenvalue weighted by Gasteiger charge is 2.28. The normalized spacial score (nSPS) is 12.0. The Balaban J connectivity index is 1.69. The smallest absolute Gasteiger partial charge is 0.379 e. The standard InChI is InChI=1S/C24H22N4O3/c1-14-5-9-18(10-6-14)20(29)21(19-11-7-15(2)8-12-19)31-23(30)22-26-24-25-16(3)13-17(4)28(24)27-22/h5-13,21H,1-4H3/t21-/m1/s1. The first-order chi connectivity index (χ1) is 14.8. The molecule has 0 radical (unpaired) electrons. The molecule has 0 amide bonds. The molecule has 0 bridgehead atoms. The van der Waals surface area contributed by atoms with Crippen LogP contribution < -0.4 is 0 Å². The van der Waals surface area contributed by atoms with Crippen molar-refractivity contribution in [2.24, 2.45) is 0 Å². The highest BCUT2D eigenvalue weighted by molar-refractivity contribution is 6.01. The Morgan fingerprint density at radius 2 is 1.48 bits per heavy atom. The molecule has 2 heterocycles. The number of esters is 1. The summed E-state index contributed by atoms with van der Waals surface area (Å²) in [4.78, 5) is 34.6. The molecule has 0 unspecified atom stereocenters. The van der Waals surface area contributed by atoms with Crippen LogP contribution in [0, 0.1) is 27.7 Å². The number of carbonyl (C=O) groups is 2. The van der Waals surface area contributed by atoms with E-state index >= 15 is 0 Å². The van der Waals surface area contributed by atoms with Crippen molar-refractivity contribution in [3.05, 3.63) is 94.1 Å². The van der Waals surface area contributed by atoms with Crippen LogP contribution in [0.25, 0.3) is 5.78 Å². The van der Waals surface area contributed by atoms with Crippen LogP contribution in [0.2, 0.25) is 0 Å². The number of hydrogen-bond acceptors (Lipinski definition) is 6. The molecule has 0 saturated carbocycles. The minimum absolute atomic E-state index is 0.144. The summed E-state index contributed by atoms with van der Waals surface area (Å²) < 4.78 is 7.13. The first-order valence-electron chi connectivity index (χ1n) is 9.91. The summed E-state index contributed by atoms with van der Waals surface area (Å²) in [5.74, 6) is -0.934. The fourth-order valence-electron chi connectivity index (χ4n) is 3.30. The van der Waals surface area contributed by atoms with E-state index in [4.69, 9.17) is 4.74 Å². The van der Waals surface area contributed by atoms with E-state index in [2.05, 4.69) is 15.1 Å². The quantitative estimate of drug-likeness (QED) is 0.360. The zero-order valence-electron chi connectivity index (χ0n) is 17.8. The molecule has 1 atom stereocenters. The Labute approximate surface area is 179 Å². The third kappa shape index (κ3) is 4.21. The van der Waals surface area contributed by atoms with Crippen molar-refractivity contribution < 1.29 is 14.3 Å². The second-order valence-corrected chi connectivity index (χ2v) is 7.61. The lowest BCUT2D eigenvalue weighted by atomic mass is 9.98. The first-order valence-corrected chi connectivity index (χ1v) is 9.91. The number of Topliss-reactive ketones (excluding diaryl/α,β-unsaturated/α-hetero) is 1. The van der Waals surface area contributed by atoms with Crippen molar-refractivity contribution in [1.82, 2.24) is 19.6 Å². The number of hydrogen-bond donors (Lipinski definition) is 0. The SMILES string of the molecule is Cc1ccc(C(=O)[C@H](OC(=O)c2nc3nc(C)cc(C)n3n2)c2ccc(C)cc2)cc1. The van der Waals surface area contributed by atoms with Crippen molar-refractivity contribution in [1.29, 1.82) is 0 Å². The Kier molecular flexibility index (Phi) is 5.33. The predicted octanol–water partition coefficient (Wildman–Crippen LogP) is 4.14. The van der Waals surface area contributed by atoms with E-state index in [9.17, 15) is 9.59 Å². The number of benzene rings is 2. The Morgan fingerprint density at radius 3 is 2.13 bits per heavy atom. The van der Waals surface area contributed by atoms with E-state index in [0.717, 1.165) is 22.5 Å². The van der Waals surface area contributed by atoms with E-state index < -0.39 is 12.1 Å². The van der Waals surface area contributed by atoms with Crippen LogP contribution in [0.1, 0.15) is 55.2 Å². The molecule has 2 aromatic carbocycles. The molecule has 0 spiro atoms. The molecule has 0 fully saturated rings. The van der Waals surface area contributed by atoms with Gasteiger partial charge in [0.05, 0.1) is 0 Å². The molecule has 0 saturated heterocycles. The lowest BCUT2D eigenvalue weighted by Gasteiger charge is -2.17. The lowest BCUT2D eigenvalue weighted by molar-refractivity contribution is 0.0268. The summed E-state index contributed by atoms with van der Waals surface area (Å²) in [6.45, 7) is 7.58. The minimum Gasteiger partial charge on any atom is -0.443 e. The monoisotopic (exact) mass is 414 g/mol. The number of ether oxygens (including phenoxy) is 1. The summed E-state index contributed by atoms with van der Waals surface area (Å²) in [7, 11) is 0. The third-order valence-electron chi connectivity index (χ3n) is 4.98. The number of carbonyl (C=O) groups excluding carboxylic acids is 2. The molecule has 0 N–H and O–H groups in total. The van der Waals surface area contributed by atoms with Crippen LogP contribution in [0.3, 0.4) is 0 Å². The van der Waals surface area contributed by atoms with Gasteiger partial charge < -0.3 is 4.74 Å². The van der Waals surface area contributed by atoms with Crippen LogP contribution in [-0.2, 0) is 4.74 Å². The van der Waals surface area contributed by atoms with Gasteiger partial charge in [-0.25, -0.2) is 14.3 Å². The second kappa shape index (κ2) is 8.10. The van der Waals surface area contributed by atoms with Gasteiger partial charge in [0, 0.05) is 22.5 Å². The number of fused-ring (bicyclic) bond motifs is 1. The van der Waals surface area contributed by atoms with Crippen molar-refractivity contribution in [3.8, 4) is 0 Å².